The third-order valence-electron chi connectivity index (χ3n) is 4.06. The average molecular weight is 379 g/mol. The zero-order valence-electron chi connectivity index (χ0n) is 14.4. The Hall–Kier alpha value is -3.38. The van der Waals surface area contributed by atoms with Crippen LogP contribution in [0.3, 0.4) is 0 Å². The quantitative estimate of drug-likeness (QED) is 0.526. The summed E-state index contributed by atoms with van der Waals surface area (Å²) in [6, 6.07) is 18.4. The Kier molecular flexibility index (Phi) is 4.48. The van der Waals surface area contributed by atoms with E-state index < -0.39 is 0 Å². The highest BCUT2D eigenvalue weighted by Crippen LogP contribution is 2.27. The van der Waals surface area contributed by atoms with E-state index in [0.717, 1.165) is 16.8 Å². The van der Waals surface area contributed by atoms with Crippen molar-refractivity contribution < 1.29 is 9.53 Å². The molecule has 7 heteroatoms. The molecular formula is C20H15ClN4O2. The van der Waals surface area contributed by atoms with Crippen molar-refractivity contribution in [3.8, 4) is 11.1 Å². The van der Waals surface area contributed by atoms with Gasteiger partial charge >= 0.3 is 5.97 Å². The molecule has 0 aliphatic rings. The highest BCUT2D eigenvalue weighted by Gasteiger charge is 2.11. The molecule has 0 atom stereocenters. The van der Waals surface area contributed by atoms with Crippen LogP contribution in [-0.4, -0.2) is 27.7 Å². The van der Waals surface area contributed by atoms with E-state index in [-0.39, 0.29) is 5.97 Å². The standard InChI is InChI=1S/C20H15ClN4O2/c1-27-19(26)13-7-9-16(10-8-13)22-20-23-18-17(6-3-11-25(18)24-20)14-4-2-5-15(21)12-14/h2-12H,1H3,(H,22,24). The molecule has 0 spiro atoms. The first kappa shape index (κ1) is 17.1. The van der Waals surface area contributed by atoms with Gasteiger partial charge in [-0.1, -0.05) is 23.7 Å². The SMILES string of the molecule is COC(=O)c1ccc(Nc2nc3c(-c4cccc(Cl)c4)cccn3n2)cc1. The molecule has 2 aromatic carbocycles. The first-order valence-electron chi connectivity index (χ1n) is 8.21. The number of benzene rings is 2. The second-order valence-corrected chi connectivity index (χ2v) is 6.27. The van der Waals surface area contributed by atoms with Crippen LogP contribution in [0, 0.1) is 0 Å². The van der Waals surface area contributed by atoms with Crippen molar-refractivity contribution in [2.45, 2.75) is 0 Å². The maximum atomic E-state index is 11.5. The number of esters is 1. The molecule has 2 heterocycles. The normalized spacial score (nSPS) is 10.7. The second kappa shape index (κ2) is 7.09. The van der Waals surface area contributed by atoms with Gasteiger partial charge in [0.1, 0.15) is 0 Å². The maximum absolute atomic E-state index is 11.5. The van der Waals surface area contributed by atoms with Gasteiger partial charge in [0.15, 0.2) is 5.65 Å². The van der Waals surface area contributed by atoms with Crippen LogP contribution in [0.25, 0.3) is 16.8 Å². The molecule has 0 saturated heterocycles. The number of nitrogens with one attached hydrogen (secondary N) is 1. The predicted molar refractivity (Wildman–Crippen MR) is 104 cm³/mol. The van der Waals surface area contributed by atoms with E-state index in [1.54, 1.807) is 28.8 Å². The minimum Gasteiger partial charge on any atom is -0.465 e. The van der Waals surface area contributed by atoms with Crippen molar-refractivity contribution in [2.75, 3.05) is 12.4 Å². The van der Waals surface area contributed by atoms with Gasteiger partial charge in [-0.05, 0) is 54.1 Å². The number of ether oxygens (including phenoxy) is 1. The number of aromatic nitrogens is 3. The molecule has 1 N–H and O–H groups in total. The van der Waals surface area contributed by atoms with Crippen molar-refractivity contribution in [2.24, 2.45) is 0 Å². The highest BCUT2D eigenvalue weighted by molar-refractivity contribution is 6.30. The molecule has 27 heavy (non-hydrogen) atoms. The summed E-state index contributed by atoms with van der Waals surface area (Å²) in [7, 11) is 1.35. The number of carbonyl (C=O) groups is 1. The molecule has 0 saturated carbocycles. The number of rotatable bonds is 4. The number of nitrogens with zero attached hydrogens (tertiary/aromatic N) is 3. The maximum Gasteiger partial charge on any atom is 0.337 e. The van der Waals surface area contributed by atoms with E-state index in [1.807, 2.05) is 42.6 Å². The number of methoxy groups -OCH3 is 1. The van der Waals surface area contributed by atoms with Gasteiger partial charge in [0, 0.05) is 22.5 Å². The van der Waals surface area contributed by atoms with E-state index in [2.05, 4.69) is 15.4 Å². The van der Waals surface area contributed by atoms with Gasteiger partial charge in [0.25, 0.3) is 0 Å². The first-order valence-corrected chi connectivity index (χ1v) is 8.58. The predicted octanol–water partition coefficient (Wildman–Crippen LogP) is 4.58. The number of pyridine rings is 1. The molecule has 134 valence electrons. The van der Waals surface area contributed by atoms with Gasteiger partial charge in [-0.25, -0.2) is 9.31 Å². The van der Waals surface area contributed by atoms with Crippen molar-refractivity contribution in [1.82, 2.24) is 14.6 Å². The summed E-state index contributed by atoms with van der Waals surface area (Å²) >= 11 is 6.12. The molecule has 4 rings (SSSR count). The summed E-state index contributed by atoms with van der Waals surface area (Å²) < 4.78 is 6.41. The summed E-state index contributed by atoms with van der Waals surface area (Å²) in [6.45, 7) is 0. The lowest BCUT2D eigenvalue weighted by atomic mass is 10.1. The lowest BCUT2D eigenvalue weighted by molar-refractivity contribution is 0.0601. The summed E-state index contributed by atoms with van der Waals surface area (Å²) in [5.41, 5.74) is 3.86. The summed E-state index contributed by atoms with van der Waals surface area (Å²) in [5.74, 6) is 0.0777. The van der Waals surface area contributed by atoms with Crippen molar-refractivity contribution >= 4 is 34.9 Å². The molecule has 4 aromatic rings. The fourth-order valence-corrected chi connectivity index (χ4v) is 2.97. The molecule has 0 radical (unpaired) electrons. The summed E-state index contributed by atoms with van der Waals surface area (Å²) in [6.07, 6.45) is 1.84. The third-order valence-corrected chi connectivity index (χ3v) is 4.30. The van der Waals surface area contributed by atoms with Crippen LogP contribution in [0.4, 0.5) is 11.6 Å². The van der Waals surface area contributed by atoms with Gasteiger partial charge in [-0.15, -0.1) is 5.10 Å². The Bertz CT molecular complexity index is 1120. The molecular weight excluding hydrogens is 364 g/mol. The first-order chi connectivity index (χ1) is 13.1. The van der Waals surface area contributed by atoms with Gasteiger partial charge in [-0.2, -0.15) is 4.98 Å². The molecule has 6 nitrogen and oxygen atoms in total. The van der Waals surface area contributed by atoms with Crippen LogP contribution in [0.5, 0.6) is 0 Å². The zero-order valence-corrected chi connectivity index (χ0v) is 15.1. The molecule has 0 aliphatic carbocycles. The van der Waals surface area contributed by atoms with Gasteiger partial charge in [-0.3, -0.25) is 0 Å². The number of hydrogen-bond donors (Lipinski definition) is 1. The van der Waals surface area contributed by atoms with Crippen LogP contribution in [-0.2, 0) is 4.74 Å². The lowest BCUT2D eigenvalue weighted by Crippen LogP contribution is -2.01. The second-order valence-electron chi connectivity index (χ2n) is 5.83. The summed E-state index contributed by atoms with van der Waals surface area (Å²) in [5, 5.41) is 8.27. The number of anilines is 2. The van der Waals surface area contributed by atoms with Crippen LogP contribution in [0.1, 0.15) is 10.4 Å². The van der Waals surface area contributed by atoms with Crippen molar-refractivity contribution in [3.05, 3.63) is 77.4 Å². The smallest absolute Gasteiger partial charge is 0.337 e. The fraction of sp³-hybridized carbons (Fsp3) is 0.0500. The van der Waals surface area contributed by atoms with E-state index >= 15 is 0 Å². The highest BCUT2D eigenvalue weighted by atomic mass is 35.5. The molecule has 0 unspecified atom stereocenters. The average Bonchev–Trinajstić information content (AvgIpc) is 3.10. The van der Waals surface area contributed by atoms with Crippen molar-refractivity contribution in [3.63, 3.8) is 0 Å². The van der Waals surface area contributed by atoms with Crippen molar-refractivity contribution in [1.29, 1.82) is 0 Å². The molecule has 2 aromatic heterocycles. The lowest BCUT2D eigenvalue weighted by Gasteiger charge is -2.03. The molecule has 0 bridgehead atoms. The largest absolute Gasteiger partial charge is 0.465 e. The van der Waals surface area contributed by atoms with E-state index in [9.17, 15) is 4.79 Å². The van der Waals surface area contributed by atoms with E-state index in [0.29, 0.717) is 22.2 Å². The minimum absolute atomic E-state index is 0.376. The monoisotopic (exact) mass is 378 g/mol. The number of fused-ring (bicyclic) bond motifs is 1. The number of hydrogen-bond acceptors (Lipinski definition) is 5. The number of carbonyl (C=O) groups excluding carboxylic acids is 1. The molecule has 0 fully saturated rings. The Morgan fingerprint density at radius 2 is 1.93 bits per heavy atom. The molecule has 0 amide bonds. The van der Waals surface area contributed by atoms with E-state index in [1.165, 1.54) is 7.11 Å². The van der Waals surface area contributed by atoms with Gasteiger partial charge in [0.05, 0.1) is 12.7 Å². The summed E-state index contributed by atoms with van der Waals surface area (Å²) in [4.78, 5) is 16.1. The van der Waals surface area contributed by atoms with Crippen LogP contribution >= 0.6 is 11.6 Å². The van der Waals surface area contributed by atoms with Crippen LogP contribution < -0.4 is 5.32 Å². The zero-order chi connectivity index (χ0) is 18.8. The van der Waals surface area contributed by atoms with Crippen LogP contribution in [0.15, 0.2) is 66.9 Å². The van der Waals surface area contributed by atoms with Gasteiger partial charge < -0.3 is 10.1 Å². The Morgan fingerprint density at radius 1 is 1.11 bits per heavy atom. The Balaban J connectivity index is 1.66. The minimum atomic E-state index is -0.376. The number of halogens is 1. The Morgan fingerprint density at radius 3 is 2.67 bits per heavy atom. The van der Waals surface area contributed by atoms with Gasteiger partial charge in [0.2, 0.25) is 5.95 Å². The topological polar surface area (TPSA) is 68.5 Å². The van der Waals surface area contributed by atoms with Crippen LogP contribution in [0.2, 0.25) is 5.02 Å². The van der Waals surface area contributed by atoms with E-state index in [4.69, 9.17) is 16.3 Å². The molecule has 0 aliphatic heterocycles. The third kappa shape index (κ3) is 3.47. The fourth-order valence-electron chi connectivity index (χ4n) is 2.78. The Labute approximate surface area is 160 Å².